The number of carbonyl (C=O) groups is 2. The Morgan fingerprint density at radius 3 is 2.46 bits per heavy atom. The van der Waals surface area contributed by atoms with Crippen molar-refractivity contribution in [2.24, 2.45) is 4.99 Å². The Hall–Kier alpha value is -3.24. The highest BCUT2D eigenvalue weighted by Crippen LogP contribution is 2.42. The average Bonchev–Trinajstić information content (AvgIpc) is 3.23. The summed E-state index contributed by atoms with van der Waals surface area (Å²) in [6.07, 6.45) is 1.64. The van der Waals surface area contributed by atoms with Gasteiger partial charge in [0.1, 0.15) is 23.0 Å². The molecule has 1 N–H and O–H groups in total. The number of halogens is 3. The van der Waals surface area contributed by atoms with Gasteiger partial charge in [-0.3, -0.25) is 4.79 Å². The maximum absolute atomic E-state index is 12.9. The average molecular weight is 677 g/mol. The highest BCUT2D eigenvalue weighted by Gasteiger charge is 2.34. The van der Waals surface area contributed by atoms with Crippen LogP contribution in [0.25, 0.3) is 6.08 Å². The second-order valence-corrected chi connectivity index (χ2v) is 11.4. The van der Waals surface area contributed by atoms with E-state index in [1.54, 1.807) is 67.6 Å². The zero-order chi connectivity index (χ0) is 29.7. The van der Waals surface area contributed by atoms with Crippen molar-refractivity contribution in [3.05, 3.63) is 108 Å². The Morgan fingerprint density at radius 2 is 1.80 bits per heavy atom. The molecular weight excluding hydrogens is 653 g/mol. The smallest absolute Gasteiger partial charge is 0.344 e. The van der Waals surface area contributed by atoms with Crippen molar-refractivity contribution in [2.45, 2.75) is 20.5 Å². The lowest BCUT2D eigenvalue weighted by Gasteiger charge is -2.14. The third-order valence-corrected chi connectivity index (χ3v) is 8.13. The van der Waals surface area contributed by atoms with E-state index in [9.17, 15) is 14.7 Å². The number of aliphatic hydroxyl groups is 1. The molecule has 3 aromatic carbocycles. The van der Waals surface area contributed by atoms with Gasteiger partial charge in [0.05, 0.1) is 18.6 Å². The van der Waals surface area contributed by atoms with Crippen LogP contribution in [-0.4, -0.2) is 35.7 Å². The highest BCUT2D eigenvalue weighted by molar-refractivity contribution is 9.10. The van der Waals surface area contributed by atoms with Crippen molar-refractivity contribution < 1.29 is 28.9 Å². The summed E-state index contributed by atoms with van der Waals surface area (Å²) in [5.74, 6) is -0.797. The molecule has 0 radical (unpaired) electrons. The van der Waals surface area contributed by atoms with Crippen LogP contribution >= 0.6 is 50.9 Å². The Balaban J connectivity index is 1.66. The number of amides is 1. The van der Waals surface area contributed by atoms with Crippen LogP contribution in [-0.2, 0) is 16.1 Å². The van der Waals surface area contributed by atoms with Gasteiger partial charge in [-0.15, -0.1) is 0 Å². The first-order chi connectivity index (χ1) is 19.6. The van der Waals surface area contributed by atoms with Gasteiger partial charge in [0.25, 0.3) is 5.91 Å². The summed E-state index contributed by atoms with van der Waals surface area (Å²) in [7, 11) is 1.50. The van der Waals surface area contributed by atoms with Crippen LogP contribution in [0.1, 0.15) is 34.0 Å². The molecule has 0 aliphatic carbocycles. The van der Waals surface area contributed by atoms with Gasteiger partial charge in [0.2, 0.25) is 0 Å². The van der Waals surface area contributed by atoms with Crippen LogP contribution in [0.3, 0.4) is 0 Å². The first-order valence-electron chi connectivity index (χ1n) is 12.3. The third-order valence-electron chi connectivity index (χ3n) is 5.84. The Morgan fingerprint density at radius 1 is 1.07 bits per heavy atom. The molecule has 0 fully saturated rings. The molecule has 4 rings (SSSR count). The second kappa shape index (κ2) is 13.6. The quantitative estimate of drug-likeness (QED) is 0.240. The van der Waals surface area contributed by atoms with Crippen molar-refractivity contribution in [1.29, 1.82) is 0 Å². The molecule has 0 saturated heterocycles. The van der Waals surface area contributed by atoms with Crippen LogP contribution in [0.2, 0.25) is 10.0 Å². The maximum Gasteiger partial charge on any atom is 0.344 e. The molecule has 41 heavy (non-hydrogen) atoms. The standard InChI is InChI=1S/C30H24BrCl2NO6S/c1-4-39-30(37)26-27(35)25(41-29(26)34-28(36)17-7-5-16(2)6-8-17)12-19-11-23(38-3)24(14-21(19)31)40-15-18-9-10-20(32)13-22(18)33/h5-14,35H,4,15H2,1-3H3/b25-12-,34-29?. The number of hydrogen-bond donors (Lipinski definition) is 1. The van der Waals surface area contributed by atoms with E-state index in [2.05, 4.69) is 20.9 Å². The van der Waals surface area contributed by atoms with E-state index in [0.29, 0.717) is 42.0 Å². The van der Waals surface area contributed by atoms with Crippen LogP contribution in [0.4, 0.5) is 0 Å². The molecule has 0 aromatic heterocycles. The number of esters is 1. The largest absolute Gasteiger partial charge is 0.506 e. The minimum atomic E-state index is -0.780. The fraction of sp³-hybridized carbons (Fsp3) is 0.167. The van der Waals surface area contributed by atoms with Crippen molar-refractivity contribution in [1.82, 2.24) is 0 Å². The maximum atomic E-state index is 12.9. The van der Waals surface area contributed by atoms with E-state index in [4.69, 9.17) is 37.4 Å². The zero-order valence-electron chi connectivity index (χ0n) is 22.2. The zero-order valence-corrected chi connectivity index (χ0v) is 26.1. The number of hydrogen-bond acceptors (Lipinski definition) is 7. The summed E-state index contributed by atoms with van der Waals surface area (Å²) in [6.45, 7) is 3.82. The van der Waals surface area contributed by atoms with Crippen LogP contribution in [0.15, 0.2) is 80.3 Å². The molecule has 3 aromatic rings. The lowest BCUT2D eigenvalue weighted by atomic mass is 10.1. The number of aryl methyl sites for hydroxylation is 1. The number of ether oxygens (including phenoxy) is 3. The molecule has 7 nitrogen and oxygen atoms in total. The van der Waals surface area contributed by atoms with Crippen LogP contribution in [0, 0.1) is 6.92 Å². The second-order valence-electron chi connectivity index (χ2n) is 8.69. The van der Waals surface area contributed by atoms with Crippen molar-refractivity contribution in [2.75, 3.05) is 13.7 Å². The lowest BCUT2D eigenvalue weighted by molar-refractivity contribution is -0.138. The number of aliphatic hydroxyl groups excluding tert-OH is 1. The lowest BCUT2D eigenvalue weighted by Crippen LogP contribution is -2.14. The summed E-state index contributed by atoms with van der Waals surface area (Å²) in [6, 6.07) is 15.5. The minimum Gasteiger partial charge on any atom is -0.506 e. The minimum absolute atomic E-state index is 0.0423. The molecule has 1 amide bonds. The molecule has 11 heteroatoms. The molecule has 0 spiro atoms. The summed E-state index contributed by atoms with van der Waals surface area (Å²) < 4.78 is 17.3. The van der Waals surface area contributed by atoms with E-state index in [1.165, 1.54) is 7.11 Å². The summed E-state index contributed by atoms with van der Waals surface area (Å²) in [4.78, 5) is 30.0. The van der Waals surface area contributed by atoms with Gasteiger partial charge in [0.15, 0.2) is 11.5 Å². The monoisotopic (exact) mass is 675 g/mol. The molecule has 0 unspecified atom stereocenters. The molecular formula is C30H24BrCl2NO6S. The van der Waals surface area contributed by atoms with Gasteiger partial charge in [-0.25, -0.2) is 9.79 Å². The number of methoxy groups -OCH3 is 1. The number of aliphatic imine (C=N–C) groups is 1. The van der Waals surface area contributed by atoms with Gasteiger partial charge in [-0.2, -0.15) is 0 Å². The highest BCUT2D eigenvalue weighted by atomic mass is 79.9. The van der Waals surface area contributed by atoms with Gasteiger partial charge in [0, 0.05) is 25.6 Å². The van der Waals surface area contributed by atoms with Gasteiger partial charge < -0.3 is 19.3 Å². The van der Waals surface area contributed by atoms with Crippen LogP contribution in [0.5, 0.6) is 11.5 Å². The molecule has 0 bridgehead atoms. The number of carbonyl (C=O) groups excluding carboxylic acids is 2. The van der Waals surface area contributed by atoms with Gasteiger partial charge >= 0.3 is 5.97 Å². The topological polar surface area (TPSA) is 94.4 Å². The number of nitrogens with zero attached hydrogens (tertiary/aromatic N) is 1. The Labute approximate surface area is 259 Å². The molecule has 212 valence electrons. The van der Waals surface area contributed by atoms with E-state index in [0.717, 1.165) is 22.9 Å². The van der Waals surface area contributed by atoms with E-state index in [1.807, 2.05) is 6.92 Å². The van der Waals surface area contributed by atoms with Gasteiger partial charge in [-0.1, -0.05) is 74.7 Å². The van der Waals surface area contributed by atoms with Crippen molar-refractivity contribution >= 4 is 73.9 Å². The molecule has 1 aliphatic heterocycles. The fourth-order valence-corrected chi connectivity index (χ4v) is 5.62. The van der Waals surface area contributed by atoms with Crippen LogP contribution < -0.4 is 9.47 Å². The van der Waals surface area contributed by atoms with E-state index < -0.39 is 11.9 Å². The summed E-state index contributed by atoms with van der Waals surface area (Å²) >= 11 is 16.8. The Kier molecular flexibility index (Phi) is 10.2. The number of benzene rings is 3. The van der Waals surface area contributed by atoms with E-state index in [-0.39, 0.29) is 29.6 Å². The summed E-state index contributed by atoms with van der Waals surface area (Å²) in [5.41, 5.74) is 2.53. The van der Waals surface area contributed by atoms with Crippen molar-refractivity contribution in [3.8, 4) is 11.5 Å². The fourth-order valence-electron chi connectivity index (χ4n) is 3.71. The molecule has 0 atom stereocenters. The first-order valence-corrected chi connectivity index (χ1v) is 14.6. The van der Waals surface area contributed by atoms with Gasteiger partial charge in [-0.05, 0) is 61.9 Å². The molecule has 1 aliphatic rings. The predicted molar refractivity (Wildman–Crippen MR) is 166 cm³/mol. The predicted octanol–water partition coefficient (Wildman–Crippen LogP) is 8.35. The third kappa shape index (κ3) is 7.35. The molecule has 0 saturated carbocycles. The summed E-state index contributed by atoms with van der Waals surface area (Å²) in [5, 5.41) is 12.1. The van der Waals surface area contributed by atoms with E-state index >= 15 is 0 Å². The SMILES string of the molecule is CCOC(=O)C1=C(O)/C(=C/c2cc(OC)c(OCc3ccc(Cl)cc3Cl)cc2Br)SC1=NC(=O)c1ccc(C)cc1. The number of rotatable bonds is 8. The number of thioether (sulfide) groups is 1. The molecule has 1 heterocycles. The Bertz CT molecular complexity index is 1600. The van der Waals surface area contributed by atoms with Crippen molar-refractivity contribution in [3.63, 3.8) is 0 Å². The first kappa shape index (κ1) is 30.7. The normalized spacial score (nSPS) is 15.0.